The average Bonchev–Trinajstić information content (AvgIpc) is 2.91. The van der Waals surface area contributed by atoms with Crippen molar-refractivity contribution in [2.24, 2.45) is 10.9 Å². The number of aliphatic imine (C=N–C) groups is 1. The molecule has 1 amide bonds. The van der Waals surface area contributed by atoms with E-state index in [4.69, 9.17) is 21.1 Å². The van der Waals surface area contributed by atoms with Crippen molar-refractivity contribution in [2.75, 3.05) is 18.8 Å². The highest BCUT2D eigenvalue weighted by atomic mass is 16.5. The van der Waals surface area contributed by atoms with Gasteiger partial charge in [-0.3, -0.25) is 10.2 Å². The van der Waals surface area contributed by atoms with Crippen molar-refractivity contribution in [3.05, 3.63) is 84.2 Å². The van der Waals surface area contributed by atoms with E-state index in [1.165, 1.54) is 18.5 Å². The first-order chi connectivity index (χ1) is 17.5. The Labute approximate surface area is 209 Å². The maximum Gasteiger partial charge on any atom is 0.247 e. The lowest BCUT2D eigenvalue weighted by Gasteiger charge is -2.30. The van der Waals surface area contributed by atoms with Crippen LogP contribution in [0.3, 0.4) is 0 Å². The van der Waals surface area contributed by atoms with Crippen LogP contribution in [0.25, 0.3) is 0 Å². The summed E-state index contributed by atoms with van der Waals surface area (Å²) in [4.78, 5) is 26.8. The molecule has 0 radical (unpaired) electrons. The lowest BCUT2D eigenvalue weighted by Crippen LogP contribution is -2.39. The van der Waals surface area contributed by atoms with Crippen molar-refractivity contribution in [1.29, 1.82) is 10.7 Å². The average molecular weight is 480 g/mol. The lowest BCUT2D eigenvalue weighted by molar-refractivity contribution is -0.127. The minimum Gasteiger partial charge on any atom is -0.457 e. The molecular formula is C27H25N7O2. The number of allylic oxidation sites excluding steroid dienone is 1. The van der Waals surface area contributed by atoms with Gasteiger partial charge in [0.2, 0.25) is 5.91 Å². The number of para-hydroxylation sites is 1. The molecule has 3 N–H and O–H groups in total. The van der Waals surface area contributed by atoms with E-state index in [1.807, 2.05) is 36.4 Å². The number of nitrogens with zero attached hydrogens (tertiary/aromatic N) is 5. The number of carbonyl (C=O) groups is 1. The smallest absolute Gasteiger partial charge is 0.247 e. The highest BCUT2D eigenvalue weighted by Crippen LogP contribution is 2.27. The Kier molecular flexibility index (Phi) is 7.78. The summed E-state index contributed by atoms with van der Waals surface area (Å²) >= 11 is 0. The summed E-state index contributed by atoms with van der Waals surface area (Å²) in [6.07, 6.45) is 7.23. The Hall–Kier alpha value is -4.84. The minimum atomic E-state index is -0.192. The molecule has 1 aliphatic rings. The van der Waals surface area contributed by atoms with Crippen LogP contribution in [0.5, 0.6) is 11.5 Å². The molecule has 4 rings (SSSR count). The number of likely N-dealkylation sites (tertiary alicyclic amines) is 1. The van der Waals surface area contributed by atoms with Crippen LogP contribution in [-0.4, -0.2) is 45.8 Å². The first-order valence-corrected chi connectivity index (χ1v) is 11.5. The van der Waals surface area contributed by atoms with Gasteiger partial charge in [0.25, 0.3) is 0 Å². The summed E-state index contributed by atoms with van der Waals surface area (Å²) in [6.45, 7) is 1.13. The lowest BCUT2D eigenvalue weighted by atomic mass is 9.99. The third kappa shape index (κ3) is 5.98. The first-order valence-electron chi connectivity index (χ1n) is 11.5. The van der Waals surface area contributed by atoms with Gasteiger partial charge in [-0.2, -0.15) is 5.26 Å². The summed E-state index contributed by atoms with van der Waals surface area (Å²) in [7, 11) is 0. The predicted octanol–water partition coefficient (Wildman–Crippen LogP) is 4.29. The molecule has 1 fully saturated rings. The monoisotopic (exact) mass is 479 g/mol. The van der Waals surface area contributed by atoms with E-state index >= 15 is 0 Å². The quantitative estimate of drug-likeness (QED) is 0.294. The maximum atomic E-state index is 12.2. The second kappa shape index (κ2) is 11.5. The molecule has 1 aliphatic heterocycles. The van der Waals surface area contributed by atoms with E-state index in [9.17, 15) is 4.79 Å². The van der Waals surface area contributed by atoms with E-state index in [2.05, 4.69) is 15.0 Å². The van der Waals surface area contributed by atoms with Crippen molar-refractivity contribution < 1.29 is 9.53 Å². The third-order valence-electron chi connectivity index (χ3n) is 5.71. The molecule has 2 aromatic carbocycles. The summed E-state index contributed by atoms with van der Waals surface area (Å²) < 4.78 is 5.83. The number of hydrogen-bond donors (Lipinski definition) is 2. The number of hydrogen-bond acceptors (Lipinski definition) is 8. The van der Waals surface area contributed by atoms with Gasteiger partial charge in [0.05, 0.1) is 17.3 Å². The topological polar surface area (TPSA) is 141 Å². The molecule has 2 heterocycles. The van der Waals surface area contributed by atoms with Crippen LogP contribution < -0.4 is 10.5 Å². The van der Waals surface area contributed by atoms with E-state index in [1.54, 1.807) is 35.4 Å². The molecule has 0 bridgehead atoms. The highest BCUT2D eigenvalue weighted by Gasteiger charge is 2.22. The number of benzene rings is 2. The zero-order valence-corrected chi connectivity index (χ0v) is 19.5. The van der Waals surface area contributed by atoms with E-state index in [0.29, 0.717) is 35.8 Å². The second-order valence-corrected chi connectivity index (χ2v) is 8.20. The number of ether oxygens (including phenoxy) is 1. The van der Waals surface area contributed by atoms with Gasteiger partial charge in [0, 0.05) is 42.9 Å². The van der Waals surface area contributed by atoms with Crippen molar-refractivity contribution in [1.82, 2.24) is 14.9 Å². The third-order valence-corrected chi connectivity index (χ3v) is 5.71. The highest BCUT2D eigenvalue weighted by molar-refractivity contribution is 6.16. The molecule has 1 unspecified atom stereocenters. The Morgan fingerprint density at radius 3 is 2.67 bits per heavy atom. The SMILES string of the molecule is N#C/C=C/C(=O)N1CCCC(C=Nc2ncnc(N)c2C(=N)c2ccc(Oc3ccccc3)cc2)C1. The van der Waals surface area contributed by atoms with Gasteiger partial charge in [-0.1, -0.05) is 18.2 Å². The van der Waals surface area contributed by atoms with E-state index < -0.39 is 0 Å². The van der Waals surface area contributed by atoms with Crippen LogP contribution in [0, 0.1) is 22.7 Å². The molecule has 9 heteroatoms. The molecule has 1 atom stereocenters. The van der Waals surface area contributed by atoms with Crippen molar-refractivity contribution in [3.63, 3.8) is 0 Å². The van der Waals surface area contributed by atoms with Crippen LogP contribution in [-0.2, 0) is 4.79 Å². The number of carbonyl (C=O) groups excluding carboxylic acids is 1. The normalized spacial score (nSPS) is 15.6. The Balaban J connectivity index is 1.50. The van der Waals surface area contributed by atoms with Crippen molar-refractivity contribution in [2.45, 2.75) is 12.8 Å². The number of nitriles is 1. The van der Waals surface area contributed by atoms with Gasteiger partial charge in [0.1, 0.15) is 23.6 Å². The zero-order chi connectivity index (χ0) is 25.3. The summed E-state index contributed by atoms with van der Waals surface area (Å²) in [5.41, 5.74) is 7.23. The number of nitrogens with two attached hydrogens (primary N) is 1. The maximum absolute atomic E-state index is 12.2. The van der Waals surface area contributed by atoms with Crippen molar-refractivity contribution in [3.8, 4) is 17.6 Å². The molecule has 1 aromatic heterocycles. The summed E-state index contributed by atoms with van der Waals surface area (Å²) in [5, 5.41) is 17.4. The molecule has 0 aliphatic carbocycles. The fourth-order valence-electron chi connectivity index (χ4n) is 3.91. The Bertz CT molecular complexity index is 1330. The van der Waals surface area contributed by atoms with Gasteiger partial charge < -0.3 is 15.4 Å². The number of anilines is 1. The molecule has 0 saturated carbocycles. The molecule has 36 heavy (non-hydrogen) atoms. The molecule has 1 saturated heterocycles. The number of nitrogen functional groups attached to an aromatic ring is 1. The largest absolute Gasteiger partial charge is 0.457 e. The summed E-state index contributed by atoms with van der Waals surface area (Å²) in [6, 6.07) is 18.4. The Morgan fingerprint density at radius 1 is 1.17 bits per heavy atom. The fraction of sp³-hybridized carbons (Fsp3) is 0.185. The van der Waals surface area contributed by atoms with Crippen molar-refractivity contribution >= 4 is 29.5 Å². The predicted molar refractivity (Wildman–Crippen MR) is 138 cm³/mol. The van der Waals surface area contributed by atoms with Gasteiger partial charge >= 0.3 is 0 Å². The molecule has 3 aromatic rings. The first kappa shape index (κ1) is 24.3. The molecule has 180 valence electrons. The second-order valence-electron chi connectivity index (χ2n) is 8.20. The number of rotatable bonds is 7. The number of piperidine rings is 1. The standard InChI is InChI=1S/C27H25N7O2/c28-14-4-9-23(35)34-15-5-6-19(17-34)16-31-27-24(26(30)32-18-33-27)25(29)20-10-12-22(13-11-20)36-21-7-2-1-3-8-21/h1-4,7-13,16,18-19,29H,5-6,15,17H2,(H2,30,32,33)/b9-4+,29-25?,31-16?. The van der Waals surface area contributed by atoms with Gasteiger partial charge in [0.15, 0.2) is 5.82 Å². The molecule has 9 nitrogen and oxygen atoms in total. The van der Waals surface area contributed by atoms with Crippen LogP contribution in [0.4, 0.5) is 11.6 Å². The van der Waals surface area contributed by atoms with Crippen LogP contribution in [0.2, 0.25) is 0 Å². The summed E-state index contributed by atoms with van der Waals surface area (Å²) in [5.74, 6) is 1.66. The van der Waals surface area contributed by atoms with E-state index in [-0.39, 0.29) is 23.4 Å². The van der Waals surface area contributed by atoms with Crippen LogP contribution in [0.1, 0.15) is 24.0 Å². The van der Waals surface area contributed by atoms with Gasteiger partial charge in [-0.15, -0.1) is 0 Å². The number of nitrogens with one attached hydrogen (secondary N) is 1. The number of aromatic nitrogens is 2. The molecular weight excluding hydrogens is 454 g/mol. The van der Waals surface area contributed by atoms with Gasteiger partial charge in [-0.25, -0.2) is 15.0 Å². The van der Waals surface area contributed by atoms with Crippen LogP contribution in [0.15, 0.2) is 78.1 Å². The zero-order valence-electron chi connectivity index (χ0n) is 19.5. The molecule has 0 spiro atoms. The Morgan fingerprint density at radius 2 is 1.92 bits per heavy atom. The number of amides is 1. The van der Waals surface area contributed by atoms with Crippen LogP contribution >= 0.6 is 0 Å². The minimum absolute atomic E-state index is 0.0193. The fourth-order valence-corrected chi connectivity index (χ4v) is 3.91. The van der Waals surface area contributed by atoms with Gasteiger partial charge in [-0.05, 0) is 49.2 Å². The van der Waals surface area contributed by atoms with E-state index in [0.717, 1.165) is 18.6 Å².